The highest BCUT2D eigenvalue weighted by atomic mass is 15.2. The van der Waals surface area contributed by atoms with Crippen molar-refractivity contribution in [2.45, 2.75) is 19.4 Å². The maximum atomic E-state index is 4.22. The molecule has 0 saturated carbocycles. The van der Waals surface area contributed by atoms with Crippen molar-refractivity contribution in [2.24, 2.45) is 7.05 Å². The number of hydrogen-bond acceptors (Lipinski definition) is 2. The van der Waals surface area contributed by atoms with Gasteiger partial charge < -0.3 is 5.32 Å². The minimum absolute atomic E-state index is 0.474. The summed E-state index contributed by atoms with van der Waals surface area (Å²) in [4.78, 5) is 0. The fraction of sp³-hybridized carbons (Fsp3) is 0.357. The van der Waals surface area contributed by atoms with E-state index in [9.17, 15) is 0 Å². The van der Waals surface area contributed by atoms with E-state index < -0.39 is 0 Å². The Morgan fingerprint density at radius 3 is 3.00 bits per heavy atom. The Balaban J connectivity index is 2.03. The Hall–Kier alpha value is -1.61. The van der Waals surface area contributed by atoms with Crippen molar-refractivity contribution >= 4 is 0 Å². The lowest BCUT2D eigenvalue weighted by Gasteiger charge is -2.24. The van der Waals surface area contributed by atoms with Gasteiger partial charge in [-0.05, 0) is 36.6 Å². The van der Waals surface area contributed by atoms with Crippen molar-refractivity contribution in [2.75, 3.05) is 6.54 Å². The number of nitrogens with zero attached hydrogens (tertiary/aromatic N) is 2. The monoisotopic (exact) mass is 227 g/mol. The lowest BCUT2D eigenvalue weighted by Crippen LogP contribution is -2.27. The van der Waals surface area contributed by atoms with Crippen LogP contribution in [0.2, 0.25) is 0 Å². The van der Waals surface area contributed by atoms with Crippen LogP contribution in [0.3, 0.4) is 0 Å². The van der Waals surface area contributed by atoms with Crippen LogP contribution in [-0.2, 0) is 13.5 Å². The predicted molar refractivity (Wildman–Crippen MR) is 68.8 cm³/mol. The summed E-state index contributed by atoms with van der Waals surface area (Å²) in [6.07, 6.45) is 5.10. The molecule has 1 N–H and O–H groups in total. The first-order valence-corrected chi connectivity index (χ1v) is 6.09. The molecule has 1 unspecified atom stereocenters. The van der Waals surface area contributed by atoms with Gasteiger partial charge in [-0.2, -0.15) is 5.10 Å². The normalized spacial score (nSPS) is 19.1. The van der Waals surface area contributed by atoms with E-state index in [-0.39, 0.29) is 0 Å². The van der Waals surface area contributed by atoms with Gasteiger partial charge in [0.15, 0.2) is 0 Å². The first-order valence-electron chi connectivity index (χ1n) is 6.09. The highest BCUT2D eigenvalue weighted by Crippen LogP contribution is 2.27. The van der Waals surface area contributed by atoms with E-state index in [0.29, 0.717) is 6.04 Å². The molecule has 1 aromatic heterocycles. The molecule has 17 heavy (non-hydrogen) atoms. The Labute approximate surface area is 101 Å². The second kappa shape index (κ2) is 4.00. The molecular formula is C14H17N3. The molecule has 3 heteroatoms. The van der Waals surface area contributed by atoms with Crippen molar-refractivity contribution in [3.63, 3.8) is 0 Å². The van der Waals surface area contributed by atoms with Gasteiger partial charge in [0, 0.05) is 24.8 Å². The van der Waals surface area contributed by atoms with Crippen LogP contribution >= 0.6 is 0 Å². The van der Waals surface area contributed by atoms with Crippen LogP contribution < -0.4 is 5.32 Å². The lowest BCUT2D eigenvalue weighted by molar-refractivity contribution is 0.541. The SMILES string of the molecule is CC1NCCc2cc(-c3cnn(C)c3)ccc21. The predicted octanol–water partition coefficient (Wildman–Crippen LogP) is 2.29. The molecule has 1 aliphatic rings. The maximum absolute atomic E-state index is 4.22. The van der Waals surface area contributed by atoms with Crippen LogP contribution in [0.15, 0.2) is 30.6 Å². The molecule has 3 nitrogen and oxygen atoms in total. The van der Waals surface area contributed by atoms with E-state index in [2.05, 4.69) is 41.7 Å². The molecule has 2 heterocycles. The van der Waals surface area contributed by atoms with Crippen molar-refractivity contribution in [1.29, 1.82) is 0 Å². The summed E-state index contributed by atoms with van der Waals surface area (Å²) in [5.41, 5.74) is 5.37. The highest BCUT2D eigenvalue weighted by Gasteiger charge is 2.16. The Morgan fingerprint density at radius 1 is 1.35 bits per heavy atom. The summed E-state index contributed by atoms with van der Waals surface area (Å²) in [6, 6.07) is 7.22. The summed E-state index contributed by atoms with van der Waals surface area (Å²) in [6.45, 7) is 3.30. The van der Waals surface area contributed by atoms with E-state index in [1.54, 1.807) is 0 Å². The largest absolute Gasteiger partial charge is 0.310 e. The first kappa shape index (κ1) is 10.5. The standard InChI is InChI=1S/C14H17N3/c1-10-14-4-3-11(7-12(14)5-6-15-10)13-8-16-17(2)9-13/h3-4,7-10,15H,5-6H2,1-2H3. The smallest absolute Gasteiger partial charge is 0.0568 e. The van der Waals surface area contributed by atoms with E-state index in [1.807, 2.05) is 17.9 Å². The first-order chi connectivity index (χ1) is 8.24. The molecule has 0 radical (unpaired) electrons. The molecule has 88 valence electrons. The number of aromatic nitrogens is 2. The summed E-state index contributed by atoms with van der Waals surface area (Å²) in [5, 5.41) is 7.71. The zero-order valence-corrected chi connectivity index (χ0v) is 10.3. The van der Waals surface area contributed by atoms with Crippen LogP contribution in [0.25, 0.3) is 11.1 Å². The van der Waals surface area contributed by atoms with Gasteiger partial charge in [0.05, 0.1) is 6.20 Å². The number of benzene rings is 1. The molecule has 2 aromatic rings. The van der Waals surface area contributed by atoms with Gasteiger partial charge in [0.1, 0.15) is 0 Å². The minimum Gasteiger partial charge on any atom is -0.310 e. The van der Waals surface area contributed by atoms with E-state index >= 15 is 0 Å². The molecule has 0 saturated heterocycles. The van der Waals surface area contributed by atoms with Crippen molar-refractivity contribution in [3.8, 4) is 11.1 Å². The van der Waals surface area contributed by atoms with E-state index in [1.165, 1.54) is 22.3 Å². The average Bonchev–Trinajstić information content (AvgIpc) is 2.76. The van der Waals surface area contributed by atoms with Crippen LogP contribution in [0.4, 0.5) is 0 Å². The van der Waals surface area contributed by atoms with Crippen LogP contribution in [0.5, 0.6) is 0 Å². The Bertz CT molecular complexity index is 542. The van der Waals surface area contributed by atoms with Crippen LogP contribution in [-0.4, -0.2) is 16.3 Å². The second-order valence-electron chi connectivity index (χ2n) is 4.74. The van der Waals surface area contributed by atoms with Gasteiger partial charge in [-0.15, -0.1) is 0 Å². The molecule has 3 rings (SSSR count). The van der Waals surface area contributed by atoms with E-state index in [0.717, 1.165) is 13.0 Å². The minimum atomic E-state index is 0.474. The number of aryl methyl sites for hydroxylation is 1. The molecule has 0 bridgehead atoms. The number of hydrogen-bond donors (Lipinski definition) is 1. The zero-order valence-electron chi connectivity index (χ0n) is 10.3. The van der Waals surface area contributed by atoms with Gasteiger partial charge in [-0.3, -0.25) is 4.68 Å². The summed E-state index contributed by atoms with van der Waals surface area (Å²) in [5.74, 6) is 0. The number of rotatable bonds is 1. The lowest BCUT2D eigenvalue weighted by atomic mass is 9.92. The maximum Gasteiger partial charge on any atom is 0.0568 e. The van der Waals surface area contributed by atoms with Gasteiger partial charge >= 0.3 is 0 Å². The van der Waals surface area contributed by atoms with Gasteiger partial charge in [-0.1, -0.05) is 18.2 Å². The molecular weight excluding hydrogens is 210 g/mol. The average molecular weight is 227 g/mol. The molecule has 0 spiro atoms. The van der Waals surface area contributed by atoms with Crippen LogP contribution in [0, 0.1) is 0 Å². The summed E-state index contributed by atoms with van der Waals surface area (Å²) < 4.78 is 1.85. The second-order valence-corrected chi connectivity index (χ2v) is 4.74. The molecule has 1 aliphatic heterocycles. The summed E-state index contributed by atoms with van der Waals surface area (Å²) >= 11 is 0. The molecule has 1 atom stereocenters. The summed E-state index contributed by atoms with van der Waals surface area (Å²) in [7, 11) is 1.95. The highest BCUT2D eigenvalue weighted by molar-refractivity contribution is 5.63. The van der Waals surface area contributed by atoms with Crippen molar-refractivity contribution in [3.05, 3.63) is 41.7 Å². The fourth-order valence-corrected chi connectivity index (χ4v) is 2.53. The third kappa shape index (κ3) is 1.87. The molecule has 1 aromatic carbocycles. The van der Waals surface area contributed by atoms with Crippen LogP contribution in [0.1, 0.15) is 24.1 Å². The number of nitrogens with one attached hydrogen (secondary N) is 1. The van der Waals surface area contributed by atoms with Gasteiger partial charge in [0.2, 0.25) is 0 Å². The van der Waals surface area contributed by atoms with Gasteiger partial charge in [-0.25, -0.2) is 0 Å². The topological polar surface area (TPSA) is 29.9 Å². The Morgan fingerprint density at radius 2 is 2.24 bits per heavy atom. The van der Waals surface area contributed by atoms with Crippen molar-refractivity contribution < 1.29 is 0 Å². The molecule has 0 amide bonds. The third-order valence-electron chi connectivity index (χ3n) is 3.49. The third-order valence-corrected chi connectivity index (χ3v) is 3.49. The fourth-order valence-electron chi connectivity index (χ4n) is 2.53. The van der Waals surface area contributed by atoms with E-state index in [4.69, 9.17) is 0 Å². The number of fused-ring (bicyclic) bond motifs is 1. The Kier molecular flexibility index (Phi) is 2.48. The van der Waals surface area contributed by atoms with Crippen molar-refractivity contribution in [1.82, 2.24) is 15.1 Å². The molecule has 0 aliphatic carbocycles. The zero-order chi connectivity index (χ0) is 11.8. The van der Waals surface area contributed by atoms with Gasteiger partial charge in [0.25, 0.3) is 0 Å². The molecule has 0 fully saturated rings. The quantitative estimate of drug-likeness (QED) is 0.810.